The molecule has 29 heavy (non-hydrogen) atoms. The number of carbonyl (C=O) groups is 3. The molecular weight excluding hydrogens is 364 g/mol. The van der Waals surface area contributed by atoms with Crippen LogP contribution in [-0.2, 0) is 16.0 Å². The number of para-hydroxylation sites is 2. The van der Waals surface area contributed by atoms with Crippen LogP contribution in [0.5, 0.6) is 0 Å². The number of hydrogen-bond acceptors (Lipinski definition) is 3. The number of carbonyl (C=O) groups excluding carboxylic acids is 3. The molecule has 2 aromatic carbocycles. The van der Waals surface area contributed by atoms with E-state index in [-0.39, 0.29) is 29.6 Å². The van der Waals surface area contributed by atoms with Crippen molar-refractivity contribution < 1.29 is 14.4 Å². The number of hydrogen-bond donors (Lipinski definition) is 1. The van der Waals surface area contributed by atoms with Gasteiger partial charge in [0.05, 0.1) is 23.1 Å². The molecular formula is C24H24N2O3. The van der Waals surface area contributed by atoms with E-state index < -0.39 is 0 Å². The molecule has 1 N–H and O–H groups in total. The number of fused-ring (bicyclic) bond motifs is 1. The van der Waals surface area contributed by atoms with E-state index >= 15 is 0 Å². The lowest BCUT2D eigenvalue weighted by Crippen LogP contribution is -2.33. The molecule has 148 valence electrons. The predicted molar refractivity (Wildman–Crippen MR) is 113 cm³/mol. The van der Waals surface area contributed by atoms with Crippen molar-refractivity contribution in [3.05, 3.63) is 71.3 Å². The summed E-state index contributed by atoms with van der Waals surface area (Å²) in [7, 11) is 0. The van der Waals surface area contributed by atoms with Crippen LogP contribution in [-0.4, -0.2) is 17.7 Å². The molecule has 2 aliphatic rings. The van der Waals surface area contributed by atoms with Crippen LogP contribution in [0, 0.1) is 11.8 Å². The van der Waals surface area contributed by atoms with Crippen LogP contribution in [0.2, 0.25) is 0 Å². The molecule has 0 saturated carbocycles. The number of nitrogens with one attached hydrogen (secondary N) is 1. The van der Waals surface area contributed by atoms with E-state index in [9.17, 15) is 14.4 Å². The highest BCUT2D eigenvalue weighted by molar-refractivity contribution is 6.25. The average Bonchev–Trinajstić information content (AvgIpc) is 2.98. The van der Waals surface area contributed by atoms with Gasteiger partial charge in [-0.1, -0.05) is 48.9 Å². The fourth-order valence-corrected chi connectivity index (χ4v) is 4.28. The fraction of sp³-hybridized carbons (Fsp3) is 0.292. The number of allylic oxidation sites excluding steroid dienone is 2. The van der Waals surface area contributed by atoms with E-state index in [1.54, 1.807) is 24.3 Å². The lowest BCUT2D eigenvalue weighted by Gasteiger charge is -2.19. The van der Waals surface area contributed by atoms with Gasteiger partial charge in [0.15, 0.2) is 0 Å². The number of anilines is 2. The van der Waals surface area contributed by atoms with Gasteiger partial charge in [0.25, 0.3) is 5.91 Å². The second kappa shape index (κ2) is 7.66. The van der Waals surface area contributed by atoms with Crippen LogP contribution >= 0.6 is 0 Å². The maximum absolute atomic E-state index is 13.1. The summed E-state index contributed by atoms with van der Waals surface area (Å²) in [6.07, 6.45) is 4.01. The molecule has 4 rings (SSSR count). The first kappa shape index (κ1) is 19.1. The summed E-state index contributed by atoms with van der Waals surface area (Å²) < 4.78 is 0. The van der Waals surface area contributed by atoms with Crippen LogP contribution in [0.25, 0.3) is 0 Å². The Morgan fingerprint density at radius 1 is 1.03 bits per heavy atom. The smallest absolute Gasteiger partial charge is 0.257 e. The topological polar surface area (TPSA) is 66.5 Å². The molecule has 5 heteroatoms. The monoisotopic (exact) mass is 388 g/mol. The Morgan fingerprint density at radius 2 is 1.72 bits per heavy atom. The molecule has 3 amide bonds. The van der Waals surface area contributed by atoms with E-state index in [4.69, 9.17) is 0 Å². The third-order valence-corrected chi connectivity index (χ3v) is 5.86. The number of imide groups is 1. The highest BCUT2D eigenvalue weighted by Crippen LogP contribution is 2.40. The third kappa shape index (κ3) is 3.37. The minimum Gasteiger partial charge on any atom is -0.322 e. The van der Waals surface area contributed by atoms with Crippen molar-refractivity contribution in [2.45, 2.75) is 33.1 Å². The first-order chi connectivity index (χ1) is 14.0. The van der Waals surface area contributed by atoms with Crippen LogP contribution < -0.4 is 10.2 Å². The van der Waals surface area contributed by atoms with E-state index in [1.165, 1.54) is 4.90 Å². The maximum atomic E-state index is 13.1. The summed E-state index contributed by atoms with van der Waals surface area (Å²) in [5.74, 6) is -1.40. The molecule has 0 bridgehead atoms. The SMILES string of the molecule is CCc1ccccc1NC(=O)c1ccccc1N1C(=O)[C@H]2CC=C(C)C[C@@H]2C1=O. The van der Waals surface area contributed by atoms with Gasteiger partial charge in [-0.15, -0.1) is 0 Å². The Balaban J connectivity index is 1.66. The van der Waals surface area contributed by atoms with Gasteiger partial charge in [-0.25, -0.2) is 4.90 Å². The average molecular weight is 388 g/mol. The van der Waals surface area contributed by atoms with E-state index in [0.29, 0.717) is 24.1 Å². The van der Waals surface area contributed by atoms with Crippen molar-refractivity contribution >= 4 is 29.1 Å². The predicted octanol–water partition coefficient (Wildman–Crippen LogP) is 4.35. The number of aryl methyl sites for hydroxylation is 1. The van der Waals surface area contributed by atoms with E-state index in [0.717, 1.165) is 23.2 Å². The van der Waals surface area contributed by atoms with Crippen LogP contribution in [0.15, 0.2) is 60.2 Å². The molecule has 2 atom stereocenters. The van der Waals surface area contributed by atoms with E-state index in [2.05, 4.69) is 5.32 Å². The second-order valence-corrected chi connectivity index (χ2v) is 7.70. The third-order valence-electron chi connectivity index (χ3n) is 5.86. The quantitative estimate of drug-likeness (QED) is 0.626. The lowest BCUT2D eigenvalue weighted by molar-refractivity contribution is -0.122. The molecule has 1 fully saturated rings. The summed E-state index contributed by atoms with van der Waals surface area (Å²) in [5, 5.41) is 2.94. The van der Waals surface area contributed by atoms with Gasteiger partial charge < -0.3 is 5.32 Å². The van der Waals surface area contributed by atoms with Gasteiger partial charge in [0, 0.05) is 5.69 Å². The van der Waals surface area contributed by atoms with Crippen molar-refractivity contribution in [1.29, 1.82) is 0 Å². The second-order valence-electron chi connectivity index (χ2n) is 7.70. The molecule has 0 unspecified atom stereocenters. The largest absolute Gasteiger partial charge is 0.322 e. The zero-order valence-electron chi connectivity index (χ0n) is 16.6. The maximum Gasteiger partial charge on any atom is 0.257 e. The Hall–Kier alpha value is -3.21. The number of rotatable bonds is 4. The minimum absolute atomic E-state index is 0.207. The van der Waals surface area contributed by atoms with Gasteiger partial charge in [-0.3, -0.25) is 14.4 Å². The highest BCUT2D eigenvalue weighted by atomic mass is 16.2. The number of benzene rings is 2. The molecule has 2 aromatic rings. The molecule has 1 aliphatic carbocycles. The van der Waals surface area contributed by atoms with Gasteiger partial charge in [-0.05, 0) is 49.9 Å². The van der Waals surface area contributed by atoms with Crippen molar-refractivity contribution in [2.75, 3.05) is 10.2 Å². The lowest BCUT2D eigenvalue weighted by atomic mass is 9.82. The summed E-state index contributed by atoms with van der Waals surface area (Å²) in [4.78, 5) is 40.4. The summed E-state index contributed by atoms with van der Waals surface area (Å²) in [5.41, 5.74) is 3.59. The minimum atomic E-state index is -0.330. The van der Waals surface area contributed by atoms with E-state index in [1.807, 2.05) is 44.2 Å². The van der Waals surface area contributed by atoms with Gasteiger partial charge >= 0.3 is 0 Å². The zero-order chi connectivity index (χ0) is 20.5. The Bertz CT molecular complexity index is 1020. The molecule has 0 aromatic heterocycles. The van der Waals surface area contributed by atoms with Gasteiger partial charge in [-0.2, -0.15) is 0 Å². The fourth-order valence-electron chi connectivity index (χ4n) is 4.28. The van der Waals surface area contributed by atoms with Crippen molar-refractivity contribution in [3.63, 3.8) is 0 Å². The van der Waals surface area contributed by atoms with Crippen molar-refractivity contribution in [3.8, 4) is 0 Å². The molecule has 5 nitrogen and oxygen atoms in total. The Morgan fingerprint density at radius 3 is 2.52 bits per heavy atom. The molecule has 1 heterocycles. The molecule has 0 radical (unpaired) electrons. The zero-order valence-corrected chi connectivity index (χ0v) is 16.6. The number of amides is 3. The summed E-state index contributed by atoms with van der Waals surface area (Å²) >= 11 is 0. The van der Waals surface area contributed by atoms with Crippen molar-refractivity contribution in [2.24, 2.45) is 11.8 Å². The summed E-state index contributed by atoms with van der Waals surface area (Å²) in [6.45, 7) is 4.02. The standard InChI is InChI=1S/C24H24N2O3/c1-3-16-8-4-6-10-20(16)25-22(27)18-9-5-7-11-21(18)26-23(28)17-13-12-15(2)14-19(17)24(26)29/h4-12,17,19H,3,13-14H2,1-2H3,(H,25,27)/t17-,19-/m0/s1. The normalized spacial score (nSPS) is 21.0. The molecule has 1 saturated heterocycles. The summed E-state index contributed by atoms with van der Waals surface area (Å²) in [6, 6.07) is 14.4. The molecule has 0 spiro atoms. The van der Waals surface area contributed by atoms with Gasteiger partial charge in [0.2, 0.25) is 11.8 Å². The Kier molecular flexibility index (Phi) is 5.05. The molecule has 1 aliphatic heterocycles. The van der Waals surface area contributed by atoms with Crippen molar-refractivity contribution in [1.82, 2.24) is 0 Å². The van der Waals surface area contributed by atoms with Gasteiger partial charge in [0.1, 0.15) is 0 Å². The van der Waals surface area contributed by atoms with Crippen LogP contribution in [0.4, 0.5) is 11.4 Å². The number of nitrogens with zero attached hydrogens (tertiary/aromatic N) is 1. The van der Waals surface area contributed by atoms with Crippen LogP contribution in [0.1, 0.15) is 42.6 Å². The Labute approximate surface area is 170 Å². The first-order valence-corrected chi connectivity index (χ1v) is 10.0. The van der Waals surface area contributed by atoms with Crippen LogP contribution in [0.3, 0.4) is 0 Å². The first-order valence-electron chi connectivity index (χ1n) is 10.0. The highest BCUT2D eigenvalue weighted by Gasteiger charge is 2.49.